The number of carbonyl (C=O) groups excluding carboxylic acids is 2. The van der Waals surface area contributed by atoms with Crippen molar-refractivity contribution in [3.63, 3.8) is 0 Å². The van der Waals surface area contributed by atoms with Gasteiger partial charge in [0.15, 0.2) is 5.78 Å². The van der Waals surface area contributed by atoms with Crippen LogP contribution in [0.1, 0.15) is 39.7 Å². The van der Waals surface area contributed by atoms with Crippen LogP contribution in [0.25, 0.3) is 0 Å². The Kier molecular flexibility index (Phi) is 3.84. The Bertz CT molecular complexity index is 531. The van der Waals surface area contributed by atoms with Crippen molar-refractivity contribution in [2.75, 3.05) is 4.90 Å². The Hall–Kier alpha value is -1.84. The minimum Gasteiger partial charge on any atom is -0.443 e. The topological polar surface area (TPSA) is 46.6 Å². The van der Waals surface area contributed by atoms with Gasteiger partial charge in [0, 0.05) is 0 Å². The third-order valence-electron chi connectivity index (χ3n) is 3.31. The first-order valence-electron chi connectivity index (χ1n) is 6.90. The fraction of sp³-hybridized carbons (Fsp3) is 0.500. The van der Waals surface area contributed by atoms with Gasteiger partial charge in [-0.1, -0.05) is 18.2 Å². The molecule has 1 atom stereocenters. The lowest BCUT2D eigenvalue weighted by Crippen LogP contribution is -2.49. The van der Waals surface area contributed by atoms with E-state index in [0.717, 1.165) is 17.7 Å². The number of ketones is 1. The number of fused-ring (bicyclic) bond motifs is 1. The Morgan fingerprint density at radius 3 is 2.50 bits per heavy atom. The van der Waals surface area contributed by atoms with Gasteiger partial charge in [-0.15, -0.1) is 0 Å². The summed E-state index contributed by atoms with van der Waals surface area (Å²) in [6, 6.07) is 7.25. The van der Waals surface area contributed by atoms with Gasteiger partial charge >= 0.3 is 6.09 Å². The number of carbonyl (C=O) groups is 2. The lowest BCUT2D eigenvalue weighted by Gasteiger charge is -2.36. The highest BCUT2D eigenvalue weighted by atomic mass is 16.6. The van der Waals surface area contributed by atoms with Gasteiger partial charge in [-0.2, -0.15) is 0 Å². The molecule has 20 heavy (non-hydrogen) atoms. The summed E-state index contributed by atoms with van der Waals surface area (Å²) < 4.78 is 5.45. The van der Waals surface area contributed by atoms with E-state index in [1.54, 1.807) is 0 Å². The fourth-order valence-electron chi connectivity index (χ4n) is 2.47. The van der Waals surface area contributed by atoms with Crippen molar-refractivity contribution in [2.24, 2.45) is 0 Å². The molecule has 1 aromatic rings. The molecular weight excluding hydrogens is 254 g/mol. The molecule has 0 aromatic heterocycles. The average molecular weight is 275 g/mol. The van der Waals surface area contributed by atoms with E-state index in [0.29, 0.717) is 6.42 Å². The first-order valence-corrected chi connectivity index (χ1v) is 6.90. The van der Waals surface area contributed by atoms with Crippen LogP contribution >= 0.6 is 0 Å². The van der Waals surface area contributed by atoms with E-state index in [9.17, 15) is 9.59 Å². The summed E-state index contributed by atoms with van der Waals surface area (Å²) in [4.78, 5) is 25.8. The third kappa shape index (κ3) is 3.00. The number of hydrogen-bond acceptors (Lipinski definition) is 3. The molecule has 1 aromatic carbocycles. The van der Waals surface area contributed by atoms with E-state index in [2.05, 4.69) is 0 Å². The molecule has 1 unspecified atom stereocenters. The van der Waals surface area contributed by atoms with Crippen LogP contribution in [0.3, 0.4) is 0 Å². The van der Waals surface area contributed by atoms with Gasteiger partial charge < -0.3 is 4.74 Å². The number of Topliss-reactive ketones (excluding diaryl/α,β-unsaturated/α-hetero) is 1. The molecule has 0 saturated carbocycles. The van der Waals surface area contributed by atoms with Crippen LogP contribution in [0.15, 0.2) is 24.3 Å². The highest BCUT2D eigenvalue weighted by Crippen LogP contribution is 2.32. The number of ether oxygens (including phenoxy) is 1. The van der Waals surface area contributed by atoms with Crippen molar-refractivity contribution < 1.29 is 14.3 Å². The predicted molar refractivity (Wildman–Crippen MR) is 77.9 cm³/mol. The van der Waals surface area contributed by atoms with Gasteiger partial charge in [-0.3, -0.25) is 9.69 Å². The van der Waals surface area contributed by atoms with Crippen LogP contribution in [0, 0.1) is 0 Å². The van der Waals surface area contributed by atoms with E-state index < -0.39 is 17.7 Å². The second kappa shape index (κ2) is 5.27. The molecule has 1 aliphatic heterocycles. The molecule has 1 amide bonds. The van der Waals surface area contributed by atoms with Gasteiger partial charge in [-0.25, -0.2) is 4.79 Å². The van der Waals surface area contributed by atoms with Gasteiger partial charge in [-0.05, 0) is 52.2 Å². The van der Waals surface area contributed by atoms with Crippen molar-refractivity contribution in [2.45, 2.75) is 52.2 Å². The van der Waals surface area contributed by atoms with Gasteiger partial charge in [0.2, 0.25) is 0 Å². The Morgan fingerprint density at radius 1 is 1.25 bits per heavy atom. The maximum Gasteiger partial charge on any atom is 0.415 e. The number of amides is 1. The molecule has 1 aliphatic rings. The van der Waals surface area contributed by atoms with Crippen LogP contribution in [-0.4, -0.2) is 23.5 Å². The molecule has 1 heterocycles. The number of para-hydroxylation sites is 1. The van der Waals surface area contributed by atoms with E-state index in [1.165, 1.54) is 11.8 Å². The molecule has 0 N–H and O–H groups in total. The molecular formula is C16H21NO3. The van der Waals surface area contributed by atoms with E-state index in [4.69, 9.17) is 4.74 Å². The number of aryl methyl sites for hydroxylation is 1. The van der Waals surface area contributed by atoms with Crippen LogP contribution in [0.2, 0.25) is 0 Å². The van der Waals surface area contributed by atoms with Gasteiger partial charge in [0.25, 0.3) is 0 Å². The minimum absolute atomic E-state index is 0.00892. The molecule has 0 bridgehead atoms. The normalized spacial score (nSPS) is 18.4. The summed E-state index contributed by atoms with van der Waals surface area (Å²) in [6.07, 6.45) is 0.996. The zero-order chi connectivity index (χ0) is 14.9. The molecule has 4 nitrogen and oxygen atoms in total. The summed E-state index contributed by atoms with van der Waals surface area (Å²) in [7, 11) is 0. The number of hydrogen-bond donors (Lipinski definition) is 0. The first kappa shape index (κ1) is 14.6. The average Bonchev–Trinajstić information content (AvgIpc) is 2.35. The van der Waals surface area contributed by atoms with Crippen molar-refractivity contribution in [3.8, 4) is 0 Å². The molecule has 4 heteroatoms. The summed E-state index contributed by atoms with van der Waals surface area (Å²) in [5.74, 6) is -0.00892. The maximum atomic E-state index is 12.4. The SMILES string of the molecule is CC(=O)C1CCc2ccccc2N1C(=O)OC(C)(C)C. The number of benzene rings is 1. The Balaban J connectivity index is 2.38. The third-order valence-corrected chi connectivity index (χ3v) is 3.31. The van der Waals surface area contributed by atoms with E-state index >= 15 is 0 Å². The van der Waals surface area contributed by atoms with E-state index in [1.807, 2.05) is 45.0 Å². The highest BCUT2D eigenvalue weighted by Gasteiger charge is 2.36. The molecule has 0 spiro atoms. The molecule has 0 saturated heterocycles. The van der Waals surface area contributed by atoms with Crippen molar-refractivity contribution in [1.82, 2.24) is 0 Å². The Labute approximate surface area is 119 Å². The molecule has 0 radical (unpaired) electrons. The molecule has 0 fully saturated rings. The molecule has 0 aliphatic carbocycles. The quantitative estimate of drug-likeness (QED) is 0.789. The van der Waals surface area contributed by atoms with Crippen molar-refractivity contribution in [3.05, 3.63) is 29.8 Å². The lowest BCUT2D eigenvalue weighted by molar-refractivity contribution is -0.118. The van der Waals surface area contributed by atoms with Crippen molar-refractivity contribution in [1.29, 1.82) is 0 Å². The smallest absolute Gasteiger partial charge is 0.415 e. The second-order valence-corrected chi connectivity index (χ2v) is 6.14. The number of nitrogens with zero attached hydrogens (tertiary/aromatic N) is 1. The largest absolute Gasteiger partial charge is 0.443 e. The van der Waals surface area contributed by atoms with E-state index in [-0.39, 0.29) is 5.78 Å². The molecule has 108 valence electrons. The Morgan fingerprint density at radius 2 is 1.90 bits per heavy atom. The summed E-state index contributed by atoms with van der Waals surface area (Å²) in [5.41, 5.74) is 1.29. The monoisotopic (exact) mass is 275 g/mol. The molecule has 2 rings (SSSR count). The zero-order valence-electron chi connectivity index (χ0n) is 12.5. The number of rotatable bonds is 1. The van der Waals surface area contributed by atoms with Crippen LogP contribution in [-0.2, 0) is 16.0 Å². The lowest BCUT2D eigenvalue weighted by atomic mass is 9.94. The van der Waals surface area contributed by atoms with Gasteiger partial charge in [0.05, 0.1) is 11.7 Å². The van der Waals surface area contributed by atoms with Gasteiger partial charge in [0.1, 0.15) is 5.60 Å². The summed E-state index contributed by atoms with van der Waals surface area (Å²) >= 11 is 0. The zero-order valence-corrected chi connectivity index (χ0v) is 12.5. The predicted octanol–water partition coefficient (Wildman–Crippen LogP) is 3.33. The highest BCUT2D eigenvalue weighted by molar-refractivity contribution is 5.98. The number of anilines is 1. The second-order valence-electron chi connectivity index (χ2n) is 6.14. The van der Waals surface area contributed by atoms with Crippen LogP contribution in [0.5, 0.6) is 0 Å². The van der Waals surface area contributed by atoms with Crippen LogP contribution < -0.4 is 4.90 Å². The fourth-order valence-corrected chi connectivity index (χ4v) is 2.47. The first-order chi connectivity index (χ1) is 9.29. The van der Waals surface area contributed by atoms with Crippen LogP contribution in [0.4, 0.5) is 10.5 Å². The minimum atomic E-state index is -0.579. The standard InChI is InChI=1S/C16H21NO3/c1-11(18)13-10-9-12-7-5-6-8-14(12)17(13)15(19)20-16(2,3)4/h5-8,13H,9-10H2,1-4H3. The maximum absolute atomic E-state index is 12.4. The summed E-state index contributed by atoms with van der Waals surface area (Å²) in [6.45, 7) is 6.99. The summed E-state index contributed by atoms with van der Waals surface area (Å²) in [5, 5.41) is 0. The van der Waals surface area contributed by atoms with Crippen molar-refractivity contribution >= 4 is 17.6 Å².